The van der Waals surface area contributed by atoms with Crippen LogP contribution in [0.1, 0.15) is 0 Å². The van der Waals surface area contributed by atoms with Gasteiger partial charge in [-0.3, -0.25) is 0 Å². The minimum atomic E-state index is -4.00. The molecule has 0 heterocycles. The molecule has 0 saturated carbocycles. The van der Waals surface area contributed by atoms with Crippen LogP contribution in [0.25, 0.3) is 0 Å². The molecule has 1 N–H and O–H groups in total. The van der Waals surface area contributed by atoms with Crippen LogP contribution in [-0.4, -0.2) is 47.5 Å². The molecule has 1 aromatic carbocycles. The Morgan fingerprint density at radius 1 is 1.14 bits per heavy atom. The topological polar surface area (TPSA) is 83.6 Å². The Bertz CT molecular complexity index is 712. The molecule has 11 heteroatoms. The maximum Gasteiger partial charge on any atom is 0.243 e. The van der Waals surface area contributed by atoms with E-state index in [1.807, 2.05) is 0 Å². The lowest BCUT2D eigenvalue weighted by Crippen LogP contribution is -2.34. The van der Waals surface area contributed by atoms with E-state index in [0.29, 0.717) is 4.47 Å². The number of hydrogen-bond donors (Lipinski definition) is 1. The minimum absolute atomic E-state index is 0.0580. The highest BCUT2D eigenvalue weighted by Gasteiger charge is 2.23. The third-order valence-electron chi connectivity index (χ3n) is 2.44. The van der Waals surface area contributed by atoms with E-state index in [9.17, 15) is 16.8 Å². The van der Waals surface area contributed by atoms with Gasteiger partial charge in [0.1, 0.15) is 4.90 Å². The molecule has 0 saturated heterocycles. The van der Waals surface area contributed by atoms with Gasteiger partial charge in [0.25, 0.3) is 0 Å². The highest BCUT2D eigenvalue weighted by Crippen LogP contribution is 2.32. The molecule has 0 atom stereocenters. The third-order valence-corrected chi connectivity index (χ3v) is 7.11. The van der Waals surface area contributed by atoms with E-state index in [-0.39, 0.29) is 27.2 Å². The highest BCUT2D eigenvalue weighted by molar-refractivity contribution is 9.10. The van der Waals surface area contributed by atoms with Crippen LogP contribution < -0.4 is 4.72 Å². The van der Waals surface area contributed by atoms with E-state index < -0.39 is 20.0 Å². The number of rotatable bonds is 6. The Labute approximate surface area is 142 Å². The zero-order valence-electron chi connectivity index (χ0n) is 11.1. The van der Waals surface area contributed by atoms with Gasteiger partial charge in [-0.05, 0) is 12.1 Å². The largest absolute Gasteiger partial charge is 0.243 e. The first-order chi connectivity index (χ1) is 9.47. The number of hydrogen-bond acceptors (Lipinski definition) is 4. The van der Waals surface area contributed by atoms with Crippen molar-refractivity contribution in [1.29, 1.82) is 0 Å². The van der Waals surface area contributed by atoms with Crippen molar-refractivity contribution in [2.24, 2.45) is 0 Å². The second kappa shape index (κ2) is 7.12. The Balaban J connectivity index is 2.95. The van der Waals surface area contributed by atoms with Gasteiger partial charge in [-0.2, -0.15) is 0 Å². The van der Waals surface area contributed by atoms with E-state index in [0.717, 1.165) is 4.31 Å². The first-order valence-corrected chi connectivity index (χ1v) is 10.2. The SMILES string of the molecule is CN(C)S(=O)(=O)CCNS(=O)(=O)c1c(Cl)cc(Br)cc1Cl. The summed E-state index contributed by atoms with van der Waals surface area (Å²) in [5, 5.41) is -0.116. The highest BCUT2D eigenvalue weighted by atomic mass is 79.9. The lowest BCUT2D eigenvalue weighted by atomic mass is 10.4. The van der Waals surface area contributed by atoms with Crippen molar-refractivity contribution in [1.82, 2.24) is 9.03 Å². The molecular formula is C10H13BrCl2N2O4S2. The average Bonchev–Trinajstić information content (AvgIpc) is 2.25. The van der Waals surface area contributed by atoms with Gasteiger partial charge in [-0.1, -0.05) is 39.1 Å². The molecule has 1 aromatic rings. The first-order valence-electron chi connectivity index (χ1n) is 5.52. The molecule has 0 amide bonds. The monoisotopic (exact) mass is 438 g/mol. The normalized spacial score (nSPS) is 12.9. The summed E-state index contributed by atoms with van der Waals surface area (Å²) in [5.41, 5.74) is 0. The van der Waals surface area contributed by atoms with Crippen LogP contribution in [0.5, 0.6) is 0 Å². The van der Waals surface area contributed by atoms with Gasteiger partial charge in [0.05, 0.1) is 15.8 Å². The molecule has 0 aliphatic carbocycles. The summed E-state index contributed by atoms with van der Waals surface area (Å²) in [5.74, 6) is -0.370. The van der Waals surface area contributed by atoms with Crippen molar-refractivity contribution in [2.75, 3.05) is 26.4 Å². The van der Waals surface area contributed by atoms with E-state index in [1.165, 1.54) is 26.2 Å². The van der Waals surface area contributed by atoms with Crippen LogP contribution in [0, 0.1) is 0 Å². The summed E-state index contributed by atoms with van der Waals surface area (Å²) in [7, 11) is -4.77. The fraction of sp³-hybridized carbons (Fsp3) is 0.400. The van der Waals surface area contributed by atoms with Crippen LogP contribution >= 0.6 is 39.1 Å². The molecule has 120 valence electrons. The molecule has 0 fully saturated rings. The van der Waals surface area contributed by atoms with Gasteiger partial charge in [-0.25, -0.2) is 25.9 Å². The Morgan fingerprint density at radius 3 is 2.05 bits per heavy atom. The predicted molar refractivity (Wildman–Crippen MR) is 86.8 cm³/mol. The third kappa shape index (κ3) is 5.05. The quantitative estimate of drug-likeness (QED) is 0.733. The molecule has 21 heavy (non-hydrogen) atoms. The van der Waals surface area contributed by atoms with Crippen LogP contribution in [-0.2, 0) is 20.0 Å². The second-order valence-corrected chi connectivity index (χ2v) is 9.93. The van der Waals surface area contributed by atoms with Crippen molar-refractivity contribution in [2.45, 2.75) is 4.90 Å². The Hall–Kier alpha value is 0.1000. The number of sulfonamides is 2. The smallest absolute Gasteiger partial charge is 0.212 e. The molecule has 0 unspecified atom stereocenters. The zero-order valence-corrected chi connectivity index (χ0v) is 15.8. The van der Waals surface area contributed by atoms with Gasteiger partial charge in [0.15, 0.2) is 0 Å². The van der Waals surface area contributed by atoms with Crippen LogP contribution in [0.2, 0.25) is 10.0 Å². The summed E-state index contributed by atoms with van der Waals surface area (Å²) >= 11 is 14.9. The average molecular weight is 440 g/mol. The fourth-order valence-corrected chi connectivity index (χ4v) is 5.16. The molecule has 0 bridgehead atoms. The van der Waals surface area contributed by atoms with E-state index in [1.54, 1.807) is 0 Å². The van der Waals surface area contributed by atoms with Crippen molar-refractivity contribution in [3.05, 3.63) is 26.7 Å². The van der Waals surface area contributed by atoms with Crippen LogP contribution in [0.4, 0.5) is 0 Å². The maximum atomic E-state index is 12.1. The number of nitrogens with one attached hydrogen (secondary N) is 1. The first kappa shape index (κ1) is 19.1. The minimum Gasteiger partial charge on any atom is -0.212 e. The van der Waals surface area contributed by atoms with E-state index in [4.69, 9.17) is 23.2 Å². The van der Waals surface area contributed by atoms with Crippen molar-refractivity contribution in [3.63, 3.8) is 0 Å². The molecular weight excluding hydrogens is 427 g/mol. The lowest BCUT2D eigenvalue weighted by molar-refractivity contribution is 0.519. The van der Waals surface area contributed by atoms with Crippen molar-refractivity contribution < 1.29 is 16.8 Å². The zero-order chi connectivity index (χ0) is 16.4. The molecule has 6 nitrogen and oxygen atoms in total. The number of benzene rings is 1. The van der Waals surface area contributed by atoms with Gasteiger partial charge in [0.2, 0.25) is 20.0 Å². The Kier molecular flexibility index (Phi) is 6.49. The summed E-state index contributed by atoms with van der Waals surface area (Å²) in [6.45, 7) is -0.286. The molecule has 0 spiro atoms. The number of halogens is 3. The van der Waals surface area contributed by atoms with Crippen molar-refractivity contribution >= 4 is 59.2 Å². The fourth-order valence-electron chi connectivity index (χ4n) is 1.35. The van der Waals surface area contributed by atoms with Gasteiger partial charge >= 0.3 is 0 Å². The molecule has 0 radical (unpaired) electrons. The summed E-state index contributed by atoms with van der Waals surface area (Å²) in [4.78, 5) is -0.281. The maximum absolute atomic E-state index is 12.1. The van der Waals surface area contributed by atoms with Gasteiger partial charge < -0.3 is 0 Å². The second-order valence-electron chi connectivity index (χ2n) is 4.19. The lowest BCUT2D eigenvalue weighted by Gasteiger charge is -2.13. The standard InChI is InChI=1S/C10H13BrCl2N2O4S2/c1-15(2)20(16,17)4-3-14-21(18,19)10-8(12)5-7(11)6-9(10)13/h5-6,14H,3-4H2,1-2H3. The summed E-state index contributed by atoms with van der Waals surface area (Å²) < 4.78 is 51.1. The van der Waals surface area contributed by atoms with Gasteiger partial charge in [0, 0.05) is 25.1 Å². The van der Waals surface area contributed by atoms with E-state index in [2.05, 4.69) is 20.7 Å². The molecule has 0 aromatic heterocycles. The van der Waals surface area contributed by atoms with Crippen LogP contribution in [0.3, 0.4) is 0 Å². The molecule has 0 aliphatic rings. The van der Waals surface area contributed by atoms with Crippen molar-refractivity contribution in [3.8, 4) is 0 Å². The summed E-state index contributed by atoms with van der Waals surface area (Å²) in [6.07, 6.45) is 0. The Morgan fingerprint density at radius 2 is 1.62 bits per heavy atom. The number of nitrogens with zero attached hydrogens (tertiary/aromatic N) is 1. The van der Waals surface area contributed by atoms with Gasteiger partial charge in [-0.15, -0.1) is 0 Å². The van der Waals surface area contributed by atoms with E-state index >= 15 is 0 Å². The summed E-state index contributed by atoms with van der Waals surface area (Å²) in [6, 6.07) is 2.77. The molecule has 0 aliphatic heterocycles. The molecule has 1 rings (SSSR count). The van der Waals surface area contributed by atoms with Crippen LogP contribution in [0.15, 0.2) is 21.5 Å². The predicted octanol–water partition coefficient (Wildman–Crippen LogP) is 1.93.